The Hall–Kier alpha value is -1.21. The number of thioether (sulfide) groups is 1. The summed E-state index contributed by atoms with van der Waals surface area (Å²) in [5, 5.41) is 7.73. The van der Waals surface area contributed by atoms with E-state index in [1.807, 2.05) is 19.0 Å². The summed E-state index contributed by atoms with van der Waals surface area (Å²) >= 11 is 1.09. The molecule has 112 valence electrons. The Labute approximate surface area is 120 Å². The Kier molecular flexibility index (Phi) is 5.88. The molecule has 20 heavy (non-hydrogen) atoms. The van der Waals surface area contributed by atoms with Gasteiger partial charge in [-0.1, -0.05) is 0 Å². The van der Waals surface area contributed by atoms with Gasteiger partial charge in [-0.3, -0.25) is 5.41 Å². The van der Waals surface area contributed by atoms with Gasteiger partial charge in [0.1, 0.15) is 12.4 Å². The lowest BCUT2D eigenvalue weighted by atomic mass is 10.1. The number of nitrogens with one attached hydrogen (secondary N) is 1. The van der Waals surface area contributed by atoms with E-state index in [9.17, 15) is 13.2 Å². The van der Waals surface area contributed by atoms with E-state index in [4.69, 9.17) is 10.1 Å². The van der Waals surface area contributed by atoms with E-state index >= 15 is 0 Å². The van der Waals surface area contributed by atoms with Gasteiger partial charge in [-0.25, -0.2) is 0 Å². The van der Waals surface area contributed by atoms with Gasteiger partial charge in [-0.05, 0) is 38.6 Å². The van der Waals surface area contributed by atoms with Crippen LogP contribution in [0, 0.1) is 5.41 Å². The van der Waals surface area contributed by atoms with Crippen LogP contribution >= 0.6 is 11.8 Å². The second kappa shape index (κ2) is 6.99. The molecule has 0 saturated carbocycles. The lowest BCUT2D eigenvalue weighted by Gasteiger charge is -2.14. The fourth-order valence-electron chi connectivity index (χ4n) is 1.44. The van der Waals surface area contributed by atoms with Crippen LogP contribution in [-0.4, -0.2) is 43.4 Å². The maximum atomic E-state index is 12.8. The zero-order valence-electron chi connectivity index (χ0n) is 11.5. The predicted molar refractivity (Wildman–Crippen MR) is 75.8 cm³/mol. The number of hydrogen-bond acceptors (Lipinski definition) is 4. The van der Waals surface area contributed by atoms with Crippen molar-refractivity contribution in [2.24, 2.45) is 0 Å². The minimum Gasteiger partial charge on any atom is -0.492 e. The molecule has 3 nitrogen and oxygen atoms in total. The Balaban J connectivity index is 3.01. The first-order valence-electron chi connectivity index (χ1n) is 5.86. The summed E-state index contributed by atoms with van der Waals surface area (Å²) in [5.74, 6) is 0.135. The average Bonchev–Trinajstić information content (AvgIpc) is 2.36. The highest BCUT2D eigenvalue weighted by atomic mass is 32.2. The molecule has 1 aromatic carbocycles. The normalized spacial score (nSPS) is 11.8. The molecule has 0 fully saturated rings. The van der Waals surface area contributed by atoms with Crippen LogP contribution < -0.4 is 4.74 Å². The van der Waals surface area contributed by atoms with E-state index in [1.165, 1.54) is 6.07 Å². The highest BCUT2D eigenvalue weighted by Crippen LogP contribution is 2.33. The van der Waals surface area contributed by atoms with Gasteiger partial charge in [0.15, 0.2) is 0 Å². The molecule has 1 aromatic rings. The first-order chi connectivity index (χ1) is 9.24. The Bertz CT molecular complexity index is 475. The monoisotopic (exact) mass is 306 g/mol. The van der Waals surface area contributed by atoms with Gasteiger partial charge in [0.2, 0.25) is 0 Å². The molecular weight excluding hydrogens is 289 g/mol. The summed E-state index contributed by atoms with van der Waals surface area (Å²) in [4.78, 5) is 1.87. The number of halogens is 3. The molecule has 0 atom stereocenters. The van der Waals surface area contributed by atoms with Crippen molar-refractivity contribution < 1.29 is 17.9 Å². The predicted octanol–water partition coefficient (Wildman–Crippen LogP) is 3.33. The number of likely N-dealkylation sites (N-methyl/N-ethyl adjacent to an activating group) is 1. The molecule has 0 radical (unpaired) electrons. The third-order valence-electron chi connectivity index (χ3n) is 2.51. The topological polar surface area (TPSA) is 36.3 Å². The van der Waals surface area contributed by atoms with E-state index in [1.54, 1.807) is 6.26 Å². The molecule has 0 aromatic heterocycles. The Morgan fingerprint density at radius 1 is 1.30 bits per heavy atom. The quantitative estimate of drug-likeness (QED) is 0.669. The van der Waals surface area contributed by atoms with Gasteiger partial charge in [0.25, 0.3) is 0 Å². The van der Waals surface area contributed by atoms with Crippen LogP contribution in [-0.2, 0) is 6.18 Å². The van der Waals surface area contributed by atoms with Gasteiger partial charge >= 0.3 is 6.18 Å². The van der Waals surface area contributed by atoms with Crippen LogP contribution in [0.1, 0.15) is 11.1 Å². The lowest BCUT2D eigenvalue weighted by molar-refractivity contribution is -0.137. The third kappa shape index (κ3) is 5.05. The molecule has 1 rings (SSSR count). The number of hydrogen-bond donors (Lipinski definition) is 1. The highest BCUT2D eigenvalue weighted by Gasteiger charge is 2.31. The van der Waals surface area contributed by atoms with Crippen LogP contribution in [0.3, 0.4) is 0 Å². The minimum absolute atomic E-state index is 0.0774. The van der Waals surface area contributed by atoms with E-state index in [0.29, 0.717) is 13.2 Å². The van der Waals surface area contributed by atoms with E-state index < -0.39 is 11.7 Å². The molecule has 7 heteroatoms. The molecule has 0 bridgehead atoms. The van der Waals surface area contributed by atoms with E-state index in [0.717, 1.165) is 23.9 Å². The van der Waals surface area contributed by atoms with Gasteiger partial charge in [0.05, 0.1) is 10.6 Å². The molecule has 0 amide bonds. The van der Waals surface area contributed by atoms with Crippen molar-refractivity contribution >= 4 is 16.8 Å². The van der Waals surface area contributed by atoms with Gasteiger partial charge in [-0.2, -0.15) is 13.2 Å². The molecule has 0 aliphatic rings. The Morgan fingerprint density at radius 2 is 1.95 bits per heavy atom. The first-order valence-corrected chi connectivity index (χ1v) is 7.09. The van der Waals surface area contributed by atoms with Crippen molar-refractivity contribution in [3.8, 4) is 5.75 Å². The minimum atomic E-state index is -4.45. The van der Waals surface area contributed by atoms with Crippen LogP contribution in [0.4, 0.5) is 13.2 Å². The summed E-state index contributed by atoms with van der Waals surface area (Å²) in [5.41, 5.74) is -0.583. The van der Waals surface area contributed by atoms with Crippen molar-refractivity contribution in [3.63, 3.8) is 0 Å². The van der Waals surface area contributed by atoms with Crippen molar-refractivity contribution in [1.29, 1.82) is 5.41 Å². The molecule has 0 aliphatic carbocycles. The van der Waals surface area contributed by atoms with Crippen molar-refractivity contribution in [2.45, 2.75) is 6.18 Å². The van der Waals surface area contributed by atoms with Crippen molar-refractivity contribution in [2.75, 3.05) is 33.5 Å². The maximum absolute atomic E-state index is 12.8. The van der Waals surface area contributed by atoms with Gasteiger partial charge in [0, 0.05) is 12.1 Å². The number of ether oxygens (including phenoxy) is 1. The van der Waals surface area contributed by atoms with Crippen molar-refractivity contribution in [3.05, 3.63) is 29.3 Å². The number of alkyl halides is 3. The number of benzene rings is 1. The van der Waals surface area contributed by atoms with Crippen molar-refractivity contribution in [1.82, 2.24) is 4.90 Å². The molecule has 0 unspecified atom stereocenters. The van der Waals surface area contributed by atoms with Crippen LogP contribution in [0.15, 0.2) is 18.2 Å². The molecule has 0 spiro atoms. The van der Waals surface area contributed by atoms with Crippen LogP contribution in [0.25, 0.3) is 0 Å². The van der Waals surface area contributed by atoms with Crippen LogP contribution in [0.5, 0.6) is 5.75 Å². The standard InChI is InChI=1S/C13H17F3N2OS/c1-18(2)4-5-19-11-7-9(12(17)20-3)6-10(8-11)13(14,15)16/h6-8,17H,4-5H2,1-3H3. The molecule has 0 saturated heterocycles. The number of rotatable bonds is 5. The van der Waals surface area contributed by atoms with Gasteiger partial charge < -0.3 is 9.64 Å². The largest absolute Gasteiger partial charge is 0.492 e. The van der Waals surface area contributed by atoms with Crippen LogP contribution in [0.2, 0.25) is 0 Å². The second-order valence-electron chi connectivity index (χ2n) is 4.43. The summed E-state index contributed by atoms with van der Waals surface area (Å²) in [6.45, 7) is 0.895. The highest BCUT2D eigenvalue weighted by molar-refractivity contribution is 8.13. The fraction of sp³-hybridized carbons (Fsp3) is 0.462. The second-order valence-corrected chi connectivity index (χ2v) is 5.25. The maximum Gasteiger partial charge on any atom is 0.416 e. The first kappa shape index (κ1) is 16.8. The Morgan fingerprint density at radius 3 is 2.45 bits per heavy atom. The van der Waals surface area contributed by atoms with E-state index in [-0.39, 0.29) is 16.4 Å². The lowest BCUT2D eigenvalue weighted by Crippen LogP contribution is -2.19. The zero-order chi connectivity index (χ0) is 15.3. The molecular formula is C13H17F3N2OS. The van der Waals surface area contributed by atoms with E-state index in [2.05, 4.69) is 0 Å². The molecule has 0 heterocycles. The SMILES string of the molecule is CSC(=N)c1cc(OCCN(C)C)cc(C(F)(F)F)c1. The third-order valence-corrected chi connectivity index (χ3v) is 3.15. The molecule has 0 aliphatic heterocycles. The summed E-state index contributed by atoms with van der Waals surface area (Å²) in [7, 11) is 3.70. The number of nitrogens with zero attached hydrogens (tertiary/aromatic N) is 1. The smallest absolute Gasteiger partial charge is 0.416 e. The average molecular weight is 306 g/mol. The summed E-state index contributed by atoms with van der Waals surface area (Å²) in [6.07, 6.45) is -2.80. The summed E-state index contributed by atoms with van der Waals surface area (Å²) in [6, 6.07) is 3.40. The molecule has 1 N–H and O–H groups in total. The fourth-order valence-corrected chi connectivity index (χ4v) is 1.79. The van der Waals surface area contributed by atoms with Gasteiger partial charge in [-0.15, -0.1) is 11.8 Å². The zero-order valence-corrected chi connectivity index (χ0v) is 12.4. The summed E-state index contributed by atoms with van der Waals surface area (Å²) < 4.78 is 43.8.